The summed E-state index contributed by atoms with van der Waals surface area (Å²) in [5.74, 6) is -0.644. The second-order valence-electron chi connectivity index (χ2n) is 6.79. The van der Waals surface area contributed by atoms with E-state index in [4.69, 9.17) is 9.47 Å². The molecule has 0 aliphatic rings. The molecule has 1 aromatic rings. The first kappa shape index (κ1) is 22.1. The quantitative estimate of drug-likeness (QED) is 0.280. The van der Waals surface area contributed by atoms with Gasteiger partial charge >= 0.3 is 11.9 Å². The monoisotopic (exact) mass is 375 g/mol. The molecule has 0 fully saturated rings. The van der Waals surface area contributed by atoms with E-state index in [1.165, 1.54) is 30.4 Å². The van der Waals surface area contributed by atoms with Crippen molar-refractivity contribution in [3.05, 3.63) is 51.6 Å². The highest BCUT2D eigenvalue weighted by atomic mass is 16.6. The number of hydrogen-bond donors (Lipinski definition) is 0. The Hall–Kier alpha value is -2.96. The van der Waals surface area contributed by atoms with E-state index in [0.717, 1.165) is 6.08 Å². The molecule has 0 bridgehead atoms. The Labute approximate surface area is 158 Å². The Bertz CT molecular complexity index is 734. The molecule has 1 rings (SSSR count). The van der Waals surface area contributed by atoms with Crippen LogP contribution in [-0.2, 0) is 19.1 Å². The van der Waals surface area contributed by atoms with Crippen molar-refractivity contribution >= 4 is 29.8 Å². The second-order valence-corrected chi connectivity index (χ2v) is 6.79. The Morgan fingerprint density at radius 1 is 1.00 bits per heavy atom. The maximum atomic E-state index is 11.6. The van der Waals surface area contributed by atoms with Crippen molar-refractivity contribution in [1.82, 2.24) is 0 Å². The fourth-order valence-corrected chi connectivity index (χ4v) is 1.88. The number of esters is 2. The van der Waals surface area contributed by atoms with Crippen LogP contribution in [0.4, 0.5) is 5.69 Å². The average molecular weight is 375 g/mol. The summed E-state index contributed by atoms with van der Waals surface area (Å²) in [6.07, 6.45) is 5.16. The molecule has 0 aliphatic carbocycles. The Morgan fingerprint density at radius 3 is 2.00 bits per heavy atom. The van der Waals surface area contributed by atoms with Crippen LogP contribution < -0.4 is 0 Å². The summed E-state index contributed by atoms with van der Waals surface area (Å²) in [6.45, 7) is 8.25. The number of nitrogens with zero attached hydrogens (tertiary/aromatic N) is 1. The minimum absolute atomic E-state index is 0.180. The fourth-order valence-electron chi connectivity index (χ4n) is 1.88. The van der Waals surface area contributed by atoms with Crippen LogP contribution in [0, 0.1) is 22.0 Å². The normalized spacial score (nSPS) is 11.5. The van der Waals surface area contributed by atoms with Crippen LogP contribution in [0.2, 0.25) is 0 Å². The fraction of sp³-hybridized carbons (Fsp3) is 0.400. The average Bonchev–Trinajstić information content (AvgIpc) is 2.61. The first-order chi connectivity index (χ1) is 12.7. The zero-order chi connectivity index (χ0) is 20.4. The number of ether oxygens (including phenoxy) is 2. The SMILES string of the molecule is CC(C)COC(=O)/C=C/c1ccc(/C=C/C(=O)OCC(C)C)c([N+](=O)[O-])c1. The Balaban J connectivity index is 2.87. The van der Waals surface area contributed by atoms with Crippen LogP contribution in [0.5, 0.6) is 0 Å². The highest BCUT2D eigenvalue weighted by Gasteiger charge is 2.12. The summed E-state index contributed by atoms with van der Waals surface area (Å²) in [5.41, 5.74) is 0.560. The van der Waals surface area contributed by atoms with Crippen LogP contribution in [0.3, 0.4) is 0 Å². The molecular formula is C20H25NO6. The van der Waals surface area contributed by atoms with Gasteiger partial charge in [0.25, 0.3) is 5.69 Å². The van der Waals surface area contributed by atoms with Crippen LogP contribution >= 0.6 is 0 Å². The summed E-state index contributed by atoms with van der Waals surface area (Å²) < 4.78 is 10.0. The molecule has 1 aromatic carbocycles. The number of hydrogen-bond acceptors (Lipinski definition) is 6. The lowest BCUT2D eigenvalue weighted by Gasteiger charge is -2.04. The third-order valence-corrected chi connectivity index (χ3v) is 3.18. The number of nitro groups is 1. The lowest BCUT2D eigenvalue weighted by molar-refractivity contribution is -0.385. The van der Waals surface area contributed by atoms with Gasteiger partial charge in [0.1, 0.15) is 0 Å². The van der Waals surface area contributed by atoms with Gasteiger partial charge in [-0.1, -0.05) is 33.8 Å². The smallest absolute Gasteiger partial charge is 0.330 e. The van der Waals surface area contributed by atoms with Crippen molar-refractivity contribution in [2.75, 3.05) is 13.2 Å². The molecule has 0 aliphatic heterocycles. The Kier molecular flexibility index (Phi) is 8.92. The molecule has 0 saturated heterocycles. The summed E-state index contributed by atoms with van der Waals surface area (Å²) in [7, 11) is 0. The summed E-state index contributed by atoms with van der Waals surface area (Å²) in [6, 6.07) is 4.44. The van der Waals surface area contributed by atoms with Crippen molar-refractivity contribution in [3.8, 4) is 0 Å². The maximum absolute atomic E-state index is 11.6. The predicted molar refractivity (Wildman–Crippen MR) is 103 cm³/mol. The van der Waals surface area contributed by atoms with Crippen LogP contribution in [0.15, 0.2) is 30.4 Å². The molecule has 146 valence electrons. The first-order valence-corrected chi connectivity index (χ1v) is 8.67. The highest BCUT2D eigenvalue weighted by Crippen LogP contribution is 2.22. The van der Waals surface area contributed by atoms with Crippen LogP contribution in [0.1, 0.15) is 38.8 Å². The molecule has 0 heterocycles. The van der Waals surface area contributed by atoms with Crippen LogP contribution in [0.25, 0.3) is 12.2 Å². The van der Waals surface area contributed by atoms with Gasteiger partial charge in [-0.3, -0.25) is 10.1 Å². The molecule has 0 radical (unpaired) electrons. The molecule has 7 nitrogen and oxygen atoms in total. The molecular weight excluding hydrogens is 350 g/mol. The van der Waals surface area contributed by atoms with Crippen molar-refractivity contribution in [1.29, 1.82) is 0 Å². The van der Waals surface area contributed by atoms with Gasteiger partial charge in [-0.25, -0.2) is 9.59 Å². The van der Waals surface area contributed by atoms with Gasteiger partial charge in [0, 0.05) is 18.2 Å². The third-order valence-electron chi connectivity index (χ3n) is 3.18. The Morgan fingerprint density at radius 2 is 1.52 bits per heavy atom. The van der Waals surface area contributed by atoms with Gasteiger partial charge in [0.05, 0.1) is 23.7 Å². The van der Waals surface area contributed by atoms with Crippen LogP contribution in [-0.4, -0.2) is 30.1 Å². The topological polar surface area (TPSA) is 95.7 Å². The van der Waals surface area contributed by atoms with E-state index in [-0.39, 0.29) is 29.7 Å². The molecule has 0 saturated carbocycles. The lowest BCUT2D eigenvalue weighted by Crippen LogP contribution is -2.07. The molecule has 27 heavy (non-hydrogen) atoms. The second kappa shape index (κ2) is 10.9. The molecule has 0 amide bonds. The van der Waals surface area contributed by atoms with Crippen molar-refractivity contribution in [3.63, 3.8) is 0 Å². The minimum Gasteiger partial charge on any atom is -0.462 e. The summed E-state index contributed by atoms with van der Waals surface area (Å²) in [5, 5.41) is 11.3. The van der Waals surface area contributed by atoms with E-state index in [1.807, 2.05) is 27.7 Å². The van der Waals surface area contributed by atoms with E-state index >= 15 is 0 Å². The van der Waals surface area contributed by atoms with E-state index < -0.39 is 16.9 Å². The van der Waals surface area contributed by atoms with Gasteiger partial charge in [-0.2, -0.15) is 0 Å². The van der Waals surface area contributed by atoms with Gasteiger partial charge in [0.15, 0.2) is 0 Å². The zero-order valence-electron chi connectivity index (χ0n) is 16.0. The summed E-state index contributed by atoms with van der Waals surface area (Å²) in [4.78, 5) is 33.9. The highest BCUT2D eigenvalue weighted by molar-refractivity contribution is 5.89. The number of nitro benzene ring substituents is 1. The van der Waals surface area contributed by atoms with E-state index in [9.17, 15) is 19.7 Å². The van der Waals surface area contributed by atoms with Crippen molar-refractivity contribution in [2.24, 2.45) is 11.8 Å². The largest absolute Gasteiger partial charge is 0.462 e. The molecule has 0 aromatic heterocycles. The number of carbonyl (C=O) groups excluding carboxylic acids is 2. The molecule has 0 spiro atoms. The maximum Gasteiger partial charge on any atom is 0.330 e. The molecule has 0 unspecified atom stereocenters. The first-order valence-electron chi connectivity index (χ1n) is 8.67. The molecule has 0 atom stereocenters. The third kappa shape index (κ3) is 8.80. The predicted octanol–water partition coefficient (Wildman–Crippen LogP) is 4.02. The minimum atomic E-state index is -0.560. The van der Waals surface area contributed by atoms with Crippen molar-refractivity contribution < 1.29 is 24.0 Å². The van der Waals surface area contributed by atoms with E-state index in [0.29, 0.717) is 12.2 Å². The zero-order valence-corrected chi connectivity index (χ0v) is 16.0. The standard InChI is InChI=1S/C20H25NO6/c1-14(2)12-26-19(22)9-6-16-5-7-17(18(11-16)21(24)25)8-10-20(23)27-13-15(3)4/h5-11,14-15H,12-13H2,1-4H3/b9-6+,10-8+. The summed E-state index contributed by atoms with van der Waals surface area (Å²) >= 11 is 0. The number of rotatable bonds is 9. The van der Waals surface area contributed by atoms with Gasteiger partial charge < -0.3 is 9.47 Å². The van der Waals surface area contributed by atoms with Gasteiger partial charge in [-0.15, -0.1) is 0 Å². The van der Waals surface area contributed by atoms with Gasteiger partial charge in [-0.05, 0) is 35.6 Å². The lowest BCUT2D eigenvalue weighted by atomic mass is 10.1. The van der Waals surface area contributed by atoms with Crippen molar-refractivity contribution in [2.45, 2.75) is 27.7 Å². The number of carbonyl (C=O) groups is 2. The van der Waals surface area contributed by atoms with E-state index in [1.54, 1.807) is 6.07 Å². The molecule has 7 heteroatoms. The van der Waals surface area contributed by atoms with E-state index in [2.05, 4.69) is 0 Å². The van der Waals surface area contributed by atoms with Gasteiger partial charge in [0.2, 0.25) is 0 Å². The number of benzene rings is 1. The molecule has 0 N–H and O–H groups in total.